The van der Waals surface area contributed by atoms with E-state index in [1.807, 2.05) is 18.2 Å². The number of methoxy groups -OCH3 is 1. The Balaban J connectivity index is 1.61. The second-order valence-corrected chi connectivity index (χ2v) is 10.1. The molecule has 38 heavy (non-hydrogen) atoms. The Bertz CT molecular complexity index is 1340. The van der Waals surface area contributed by atoms with E-state index in [0.29, 0.717) is 43.2 Å². The molecule has 1 aromatic heterocycles. The predicted octanol–water partition coefficient (Wildman–Crippen LogP) is 4.84. The Labute approximate surface area is 225 Å². The van der Waals surface area contributed by atoms with Gasteiger partial charge in [0, 0.05) is 32.7 Å². The number of hydrogen-bond acceptors (Lipinski definition) is 5. The van der Waals surface area contributed by atoms with Crippen LogP contribution in [0.5, 0.6) is 0 Å². The lowest BCUT2D eigenvalue weighted by Crippen LogP contribution is -2.42. The average molecular weight is 543 g/mol. The van der Waals surface area contributed by atoms with E-state index in [9.17, 15) is 18.8 Å². The summed E-state index contributed by atoms with van der Waals surface area (Å²) in [7, 11) is 1.60. The summed E-state index contributed by atoms with van der Waals surface area (Å²) in [5.41, 5.74) is 0.553. The zero-order chi connectivity index (χ0) is 27.4. The van der Waals surface area contributed by atoms with Crippen molar-refractivity contribution in [1.82, 2.24) is 20.0 Å². The lowest BCUT2D eigenvalue weighted by molar-refractivity contribution is 0.159. The van der Waals surface area contributed by atoms with Crippen molar-refractivity contribution in [3.8, 4) is 11.8 Å². The van der Waals surface area contributed by atoms with Gasteiger partial charge in [0.1, 0.15) is 10.7 Å². The standard InChI is InChI=1S/C27H29ClF2N6O2/c1-27(2,16-31)24-23(28)25(36(34-24)18-7-5-4-6-8-18)33-26(37)32-22-15-35(11-12-38-3)14-19(22)17-9-10-20(29)21(30)13-17/h4-10,13,19,22H,11-12,14-15H2,1-3H3,(H2,32,33,37). The normalized spacial score (nSPS) is 17.8. The molecule has 0 spiro atoms. The maximum absolute atomic E-state index is 14.0. The molecule has 0 aliphatic carbocycles. The second kappa shape index (κ2) is 11.5. The van der Waals surface area contributed by atoms with Gasteiger partial charge < -0.3 is 10.1 Å². The molecule has 2 atom stereocenters. The highest BCUT2D eigenvalue weighted by Crippen LogP contribution is 2.36. The van der Waals surface area contributed by atoms with Gasteiger partial charge in [0.2, 0.25) is 0 Å². The van der Waals surface area contributed by atoms with Crippen LogP contribution in [0.4, 0.5) is 19.4 Å². The third-order valence-corrected chi connectivity index (χ3v) is 6.99. The predicted molar refractivity (Wildman–Crippen MR) is 141 cm³/mol. The highest BCUT2D eigenvalue weighted by molar-refractivity contribution is 6.34. The quantitative estimate of drug-likeness (QED) is 0.425. The van der Waals surface area contributed by atoms with Crippen LogP contribution in [0.1, 0.15) is 31.0 Å². The molecule has 0 bridgehead atoms. The molecule has 2 N–H and O–H groups in total. The van der Waals surface area contributed by atoms with E-state index in [0.717, 1.165) is 6.07 Å². The van der Waals surface area contributed by atoms with Crippen LogP contribution in [0.3, 0.4) is 0 Å². The first-order valence-electron chi connectivity index (χ1n) is 12.1. The van der Waals surface area contributed by atoms with Gasteiger partial charge in [0.15, 0.2) is 17.5 Å². The summed E-state index contributed by atoms with van der Waals surface area (Å²) in [5.74, 6) is -1.93. The Morgan fingerprint density at radius 1 is 1.21 bits per heavy atom. The number of amides is 2. The molecule has 2 aromatic carbocycles. The Morgan fingerprint density at radius 3 is 2.61 bits per heavy atom. The first-order valence-corrected chi connectivity index (χ1v) is 12.5. The lowest BCUT2D eigenvalue weighted by atomic mass is 9.91. The molecule has 1 aliphatic heterocycles. The van der Waals surface area contributed by atoms with Gasteiger partial charge in [0.25, 0.3) is 0 Å². The zero-order valence-corrected chi connectivity index (χ0v) is 22.1. The fraction of sp³-hybridized carbons (Fsp3) is 0.370. The molecule has 1 fully saturated rings. The van der Waals surface area contributed by atoms with Crippen molar-refractivity contribution >= 4 is 23.4 Å². The van der Waals surface area contributed by atoms with E-state index in [4.69, 9.17) is 16.3 Å². The number of nitrogens with one attached hydrogen (secondary N) is 2. The number of halogens is 3. The van der Waals surface area contributed by atoms with Crippen LogP contribution in [0, 0.1) is 23.0 Å². The summed E-state index contributed by atoms with van der Waals surface area (Å²) in [6.07, 6.45) is 0. The molecular weight excluding hydrogens is 514 g/mol. The van der Waals surface area contributed by atoms with E-state index >= 15 is 0 Å². The average Bonchev–Trinajstić information content (AvgIpc) is 3.45. The van der Waals surface area contributed by atoms with Gasteiger partial charge in [-0.25, -0.2) is 18.3 Å². The van der Waals surface area contributed by atoms with Gasteiger partial charge >= 0.3 is 6.03 Å². The Hall–Kier alpha value is -3.52. The smallest absolute Gasteiger partial charge is 0.320 e. The number of carbonyl (C=O) groups is 1. The van der Waals surface area contributed by atoms with Crippen LogP contribution >= 0.6 is 11.6 Å². The largest absolute Gasteiger partial charge is 0.383 e. The van der Waals surface area contributed by atoms with Crippen LogP contribution in [0.2, 0.25) is 5.02 Å². The van der Waals surface area contributed by atoms with Gasteiger partial charge in [-0.05, 0) is 43.7 Å². The summed E-state index contributed by atoms with van der Waals surface area (Å²) in [4.78, 5) is 15.4. The maximum Gasteiger partial charge on any atom is 0.320 e. The summed E-state index contributed by atoms with van der Waals surface area (Å²) in [5, 5.41) is 20.1. The number of urea groups is 1. The molecular formula is C27H29ClF2N6O2. The van der Waals surface area contributed by atoms with Crippen molar-refractivity contribution in [1.29, 1.82) is 5.26 Å². The second-order valence-electron chi connectivity index (χ2n) is 9.73. The summed E-state index contributed by atoms with van der Waals surface area (Å²) < 4.78 is 34.3. The third kappa shape index (κ3) is 5.80. The van der Waals surface area contributed by atoms with E-state index in [1.165, 1.54) is 16.8 Å². The number of anilines is 1. The first kappa shape index (κ1) is 27.5. The summed E-state index contributed by atoms with van der Waals surface area (Å²) >= 11 is 6.66. The highest BCUT2D eigenvalue weighted by atomic mass is 35.5. The molecule has 0 saturated carbocycles. The number of likely N-dealkylation sites (tertiary alicyclic amines) is 1. The van der Waals surface area contributed by atoms with Crippen molar-refractivity contribution in [3.05, 3.63) is 76.4 Å². The van der Waals surface area contributed by atoms with Gasteiger partial charge in [-0.1, -0.05) is 35.9 Å². The number of carbonyl (C=O) groups excluding carboxylic acids is 1. The van der Waals surface area contributed by atoms with E-state index in [2.05, 4.69) is 26.7 Å². The van der Waals surface area contributed by atoms with Crippen LogP contribution in [-0.2, 0) is 10.2 Å². The molecule has 200 valence electrons. The number of para-hydroxylation sites is 1. The molecule has 2 unspecified atom stereocenters. The van der Waals surface area contributed by atoms with Gasteiger partial charge in [0.05, 0.1) is 29.8 Å². The number of rotatable bonds is 8. The number of nitriles is 1. The molecule has 2 amide bonds. The minimum absolute atomic E-state index is 0.154. The molecule has 11 heteroatoms. The Morgan fingerprint density at radius 2 is 1.95 bits per heavy atom. The lowest BCUT2D eigenvalue weighted by Gasteiger charge is -2.21. The highest BCUT2D eigenvalue weighted by Gasteiger charge is 2.36. The third-order valence-electron chi connectivity index (χ3n) is 6.63. The van der Waals surface area contributed by atoms with Crippen LogP contribution in [0.15, 0.2) is 48.5 Å². The van der Waals surface area contributed by atoms with Crippen LogP contribution in [0.25, 0.3) is 5.69 Å². The summed E-state index contributed by atoms with van der Waals surface area (Å²) in [6.45, 7) is 5.52. The van der Waals surface area contributed by atoms with E-state index in [-0.39, 0.29) is 16.8 Å². The SMILES string of the molecule is COCCN1CC(NC(=O)Nc2c(Cl)c(C(C)(C)C#N)nn2-c2ccccc2)C(c2ccc(F)c(F)c2)C1. The molecule has 0 radical (unpaired) electrons. The molecule has 3 aromatic rings. The van der Waals surface area contributed by atoms with Crippen molar-refractivity contribution in [2.24, 2.45) is 0 Å². The maximum atomic E-state index is 14.0. The van der Waals surface area contributed by atoms with E-state index in [1.54, 1.807) is 33.1 Å². The summed E-state index contributed by atoms with van der Waals surface area (Å²) in [6, 6.07) is 14.1. The number of nitrogens with zero attached hydrogens (tertiary/aromatic N) is 4. The molecule has 1 aliphatic rings. The van der Waals surface area contributed by atoms with Crippen LogP contribution < -0.4 is 10.6 Å². The van der Waals surface area contributed by atoms with Crippen molar-refractivity contribution in [2.45, 2.75) is 31.2 Å². The number of hydrogen-bond donors (Lipinski definition) is 2. The minimum atomic E-state index is -1.00. The molecule has 2 heterocycles. The monoisotopic (exact) mass is 542 g/mol. The first-order chi connectivity index (χ1) is 18.1. The van der Waals surface area contributed by atoms with Gasteiger partial charge in [-0.2, -0.15) is 10.4 Å². The van der Waals surface area contributed by atoms with Crippen molar-refractivity contribution in [2.75, 3.05) is 38.7 Å². The Kier molecular flexibility index (Phi) is 8.31. The van der Waals surface area contributed by atoms with Crippen molar-refractivity contribution < 1.29 is 18.3 Å². The molecule has 1 saturated heterocycles. The van der Waals surface area contributed by atoms with E-state index < -0.39 is 29.1 Å². The molecule has 4 rings (SSSR count). The van der Waals surface area contributed by atoms with Gasteiger partial charge in [-0.15, -0.1) is 0 Å². The van der Waals surface area contributed by atoms with Crippen molar-refractivity contribution in [3.63, 3.8) is 0 Å². The van der Waals surface area contributed by atoms with Crippen LogP contribution in [-0.4, -0.2) is 60.1 Å². The zero-order valence-electron chi connectivity index (χ0n) is 21.3. The topological polar surface area (TPSA) is 95.2 Å². The minimum Gasteiger partial charge on any atom is -0.383 e. The molecule has 8 nitrogen and oxygen atoms in total. The number of aromatic nitrogens is 2. The number of benzene rings is 2. The van der Waals surface area contributed by atoms with Gasteiger partial charge in [-0.3, -0.25) is 10.2 Å². The fourth-order valence-electron chi connectivity index (χ4n) is 4.54. The fourth-order valence-corrected chi connectivity index (χ4v) is 4.94. The number of ether oxygens (including phenoxy) is 1.